The fourth-order valence-corrected chi connectivity index (χ4v) is 1.47. The van der Waals surface area contributed by atoms with Crippen molar-refractivity contribution in [2.24, 2.45) is 0 Å². The van der Waals surface area contributed by atoms with Gasteiger partial charge in [0.1, 0.15) is 17.8 Å². The Balaban J connectivity index is 2.53. The standard InChI is InChI=1S/C13H18F3N/c1-13(2,3)17-8-12(16)6-9-4-10(14)7-11(15)5-9/h4-5,7,12,17H,6,8H2,1-3H3. The van der Waals surface area contributed by atoms with Crippen molar-refractivity contribution in [3.8, 4) is 0 Å². The van der Waals surface area contributed by atoms with E-state index in [9.17, 15) is 13.2 Å². The summed E-state index contributed by atoms with van der Waals surface area (Å²) in [6, 6.07) is 3.10. The molecule has 0 saturated heterocycles. The van der Waals surface area contributed by atoms with Crippen LogP contribution in [0.2, 0.25) is 0 Å². The van der Waals surface area contributed by atoms with Gasteiger partial charge in [-0.05, 0) is 38.5 Å². The minimum Gasteiger partial charge on any atom is -0.309 e. The SMILES string of the molecule is CC(C)(C)NCC(F)Cc1cc(F)cc(F)c1. The van der Waals surface area contributed by atoms with E-state index in [1.807, 2.05) is 20.8 Å². The molecule has 1 aromatic rings. The smallest absolute Gasteiger partial charge is 0.126 e. The zero-order chi connectivity index (χ0) is 13.1. The number of hydrogen-bond acceptors (Lipinski definition) is 1. The fraction of sp³-hybridized carbons (Fsp3) is 0.538. The van der Waals surface area contributed by atoms with E-state index < -0.39 is 17.8 Å². The average molecular weight is 245 g/mol. The molecule has 0 saturated carbocycles. The summed E-state index contributed by atoms with van der Waals surface area (Å²) in [7, 11) is 0. The Hall–Kier alpha value is -1.03. The topological polar surface area (TPSA) is 12.0 Å². The van der Waals surface area contributed by atoms with Crippen LogP contribution < -0.4 is 5.32 Å². The Labute approximate surface area is 100 Å². The first-order valence-corrected chi connectivity index (χ1v) is 5.60. The van der Waals surface area contributed by atoms with E-state index in [0.29, 0.717) is 5.56 Å². The fourth-order valence-electron chi connectivity index (χ4n) is 1.47. The average Bonchev–Trinajstić information content (AvgIpc) is 2.11. The van der Waals surface area contributed by atoms with Crippen molar-refractivity contribution < 1.29 is 13.2 Å². The van der Waals surface area contributed by atoms with E-state index in [1.54, 1.807) is 0 Å². The molecule has 0 amide bonds. The molecule has 1 aromatic carbocycles. The Morgan fingerprint density at radius 2 is 1.65 bits per heavy atom. The Morgan fingerprint density at radius 1 is 1.12 bits per heavy atom. The lowest BCUT2D eigenvalue weighted by Gasteiger charge is -2.22. The molecule has 0 aliphatic carbocycles. The molecule has 0 bridgehead atoms. The molecule has 0 aliphatic rings. The summed E-state index contributed by atoms with van der Waals surface area (Å²) in [5.74, 6) is -1.34. The second-order valence-electron chi connectivity index (χ2n) is 5.21. The predicted molar refractivity (Wildman–Crippen MR) is 62.7 cm³/mol. The van der Waals surface area contributed by atoms with E-state index in [4.69, 9.17) is 0 Å². The van der Waals surface area contributed by atoms with Crippen LogP contribution >= 0.6 is 0 Å². The van der Waals surface area contributed by atoms with Gasteiger partial charge >= 0.3 is 0 Å². The third-order valence-electron chi connectivity index (χ3n) is 2.23. The normalized spacial score (nSPS) is 13.8. The maximum Gasteiger partial charge on any atom is 0.126 e. The molecule has 1 nitrogen and oxygen atoms in total. The van der Waals surface area contributed by atoms with E-state index in [2.05, 4.69) is 5.32 Å². The predicted octanol–water partition coefficient (Wildman–Crippen LogP) is 3.23. The summed E-state index contributed by atoms with van der Waals surface area (Å²) in [6.07, 6.45) is -1.15. The first kappa shape index (κ1) is 14.0. The van der Waals surface area contributed by atoms with Gasteiger partial charge in [0.05, 0.1) is 0 Å². The Morgan fingerprint density at radius 3 is 2.12 bits per heavy atom. The van der Waals surface area contributed by atoms with Crippen LogP contribution in [0.4, 0.5) is 13.2 Å². The molecule has 17 heavy (non-hydrogen) atoms. The monoisotopic (exact) mass is 245 g/mol. The van der Waals surface area contributed by atoms with Crippen molar-refractivity contribution in [1.29, 1.82) is 0 Å². The van der Waals surface area contributed by atoms with Gasteiger partial charge < -0.3 is 5.32 Å². The van der Waals surface area contributed by atoms with Crippen LogP contribution in [0.1, 0.15) is 26.3 Å². The van der Waals surface area contributed by atoms with E-state index in [1.165, 1.54) is 0 Å². The highest BCUT2D eigenvalue weighted by Gasteiger charge is 2.14. The number of hydrogen-bond donors (Lipinski definition) is 1. The van der Waals surface area contributed by atoms with Crippen LogP contribution in [0.25, 0.3) is 0 Å². The van der Waals surface area contributed by atoms with Gasteiger partial charge in [-0.3, -0.25) is 0 Å². The molecular formula is C13H18F3N. The zero-order valence-corrected chi connectivity index (χ0v) is 10.4. The van der Waals surface area contributed by atoms with Crippen LogP contribution in [0.5, 0.6) is 0 Å². The van der Waals surface area contributed by atoms with Gasteiger partial charge in [0.15, 0.2) is 0 Å². The lowest BCUT2D eigenvalue weighted by molar-refractivity contribution is 0.284. The van der Waals surface area contributed by atoms with Crippen molar-refractivity contribution in [3.05, 3.63) is 35.4 Å². The van der Waals surface area contributed by atoms with Crippen LogP contribution in [0.3, 0.4) is 0 Å². The first-order chi connectivity index (χ1) is 7.76. The highest BCUT2D eigenvalue weighted by Crippen LogP contribution is 2.12. The molecule has 1 rings (SSSR count). The molecule has 0 heterocycles. The summed E-state index contributed by atoms with van der Waals surface area (Å²) in [6.45, 7) is 5.96. The number of halogens is 3. The second kappa shape index (κ2) is 5.54. The molecule has 1 atom stereocenters. The number of nitrogens with one attached hydrogen (secondary N) is 1. The van der Waals surface area contributed by atoms with Gasteiger partial charge in [-0.25, -0.2) is 13.2 Å². The minimum atomic E-state index is -1.16. The summed E-state index contributed by atoms with van der Waals surface area (Å²) in [4.78, 5) is 0. The van der Waals surface area contributed by atoms with Gasteiger partial charge in [-0.1, -0.05) is 0 Å². The molecule has 0 aliphatic heterocycles. The third kappa shape index (κ3) is 5.73. The molecule has 0 spiro atoms. The van der Waals surface area contributed by atoms with Gasteiger partial charge in [0.25, 0.3) is 0 Å². The van der Waals surface area contributed by atoms with E-state index >= 15 is 0 Å². The first-order valence-electron chi connectivity index (χ1n) is 5.60. The lowest BCUT2D eigenvalue weighted by atomic mass is 10.1. The van der Waals surface area contributed by atoms with Crippen LogP contribution in [-0.2, 0) is 6.42 Å². The third-order valence-corrected chi connectivity index (χ3v) is 2.23. The number of rotatable bonds is 4. The second-order valence-corrected chi connectivity index (χ2v) is 5.21. The number of alkyl halides is 1. The summed E-state index contributed by atoms with van der Waals surface area (Å²) in [5.41, 5.74) is 0.170. The largest absolute Gasteiger partial charge is 0.309 e. The van der Waals surface area contributed by atoms with Crippen molar-refractivity contribution in [2.45, 2.75) is 38.9 Å². The molecule has 0 aromatic heterocycles. The molecule has 0 radical (unpaired) electrons. The Kier molecular flexibility index (Phi) is 4.57. The molecular weight excluding hydrogens is 227 g/mol. The summed E-state index contributed by atoms with van der Waals surface area (Å²) in [5, 5.41) is 3.01. The maximum absolute atomic E-state index is 13.6. The van der Waals surface area contributed by atoms with Gasteiger partial charge in [-0.15, -0.1) is 0 Å². The molecule has 1 N–H and O–H groups in total. The highest BCUT2D eigenvalue weighted by molar-refractivity contribution is 5.18. The number of benzene rings is 1. The van der Waals surface area contributed by atoms with E-state index in [-0.39, 0.29) is 18.5 Å². The van der Waals surface area contributed by atoms with Crippen LogP contribution in [0.15, 0.2) is 18.2 Å². The molecule has 1 unspecified atom stereocenters. The quantitative estimate of drug-likeness (QED) is 0.858. The van der Waals surface area contributed by atoms with Crippen LogP contribution in [-0.4, -0.2) is 18.3 Å². The summed E-state index contributed by atoms with van der Waals surface area (Å²) < 4.78 is 39.3. The van der Waals surface area contributed by atoms with Crippen molar-refractivity contribution in [3.63, 3.8) is 0 Å². The molecule has 4 heteroatoms. The lowest BCUT2D eigenvalue weighted by Crippen LogP contribution is -2.40. The zero-order valence-electron chi connectivity index (χ0n) is 10.4. The summed E-state index contributed by atoms with van der Waals surface area (Å²) >= 11 is 0. The van der Waals surface area contributed by atoms with Gasteiger partial charge in [-0.2, -0.15) is 0 Å². The highest BCUT2D eigenvalue weighted by atomic mass is 19.1. The van der Waals surface area contributed by atoms with Crippen molar-refractivity contribution >= 4 is 0 Å². The Bertz CT molecular complexity index is 351. The van der Waals surface area contributed by atoms with Gasteiger partial charge in [0.2, 0.25) is 0 Å². The molecule has 0 fully saturated rings. The maximum atomic E-state index is 13.6. The van der Waals surface area contributed by atoms with Crippen molar-refractivity contribution in [2.75, 3.05) is 6.54 Å². The molecule has 96 valence electrons. The van der Waals surface area contributed by atoms with Crippen molar-refractivity contribution in [1.82, 2.24) is 5.32 Å². The minimum absolute atomic E-state index is 0.0117. The van der Waals surface area contributed by atoms with E-state index in [0.717, 1.165) is 18.2 Å². The van der Waals surface area contributed by atoms with Gasteiger partial charge in [0, 0.05) is 24.6 Å². The van der Waals surface area contributed by atoms with Crippen LogP contribution in [0, 0.1) is 11.6 Å².